The van der Waals surface area contributed by atoms with Crippen LogP contribution < -0.4 is 10.8 Å². The molecule has 2 aromatic carbocycles. The number of anilines is 1. The van der Waals surface area contributed by atoms with E-state index in [-0.39, 0.29) is 5.91 Å². The third-order valence-corrected chi connectivity index (χ3v) is 3.77. The molecule has 0 aliphatic carbocycles. The number of hydrogen-bond donors (Lipinski definition) is 3. The zero-order valence-corrected chi connectivity index (χ0v) is 11.5. The second-order valence-electron chi connectivity index (χ2n) is 5.20. The topological polar surface area (TPSA) is 87.2 Å². The number of aromatic nitrogens is 2. The van der Waals surface area contributed by atoms with Gasteiger partial charge in [-0.3, -0.25) is 9.89 Å². The van der Waals surface area contributed by atoms with Gasteiger partial charge in [0.15, 0.2) is 0 Å². The Balaban J connectivity index is 1.60. The van der Waals surface area contributed by atoms with Crippen LogP contribution in [0.3, 0.4) is 0 Å². The molecule has 0 saturated carbocycles. The number of rotatable bonds is 2. The van der Waals surface area contributed by atoms with Crippen LogP contribution in [0.5, 0.6) is 0 Å². The van der Waals surface area contributed by atoms with Gasteiger partial charge in [0.25, 0.3) is 5.91 Å². The van der Waals surface area contributed by atoms with Crippen LogP contribution in [-0.2, 0) is 11.3 Å². The standard InChI is InChI=1S/C15H12BN3O3/c20-15(9-1-2-10-8-22-16(21)13(10)6-9)18-12-3-4-14-11(5-12)7-17-19-14/h1-7,21H,8H2,(H,17,19)(H,18,20). The second-order valence-corrected chi connectivity index (χ2v) is 5.20. The molecule has 0 saturated heterocycles. The van der Waals surface area contributed by atoms with E-state index in [9.17, 15) is 9.82 Å². The molecule has 108 valence electrons. The number of H-pyrrole nitrogens is 1. The molecule has 7 heteroatoms. The van der Waals surface area contributed by atoms with Crippen LogP contribution in [0.1, 0.15) is 15.9 Å². The maximum absolute atomic E-state index is 12.3. The fourth-order valence-corrected chi connectivity index (χ4v) is 2.58. The van der Waals surface area contributed by atoms with E-state index in [4.69, 9.17) is 4.65 Å². The Kier molecular flexibility index (Phi) is 2.95. The number of nitrogens with zero attached hydrogens (tertiary/aromatic N) is 1. The first-order chi connectivity index (χ1) is 10.7. The summed E-state index contributed by atoms with van der Waals surface area (Å²) in [5.41, 5.74) is 3.64. The van der Waals surface area contributed by atoms with E-state index in [0.717, 1.165) is 16.5 Å². The van der Waals surface area contributed by atoms with Gasteiger partial charge in [0, 0.05) is 16.6 Å². The summed E-state index contributed by atoms with van der Waals surface area (Å²) in [7, 11) is -0.954. The molecule has 0 unspecified atom stereocenters. The molecule has 0 bridgehead atoms. The summed E-state index contributed by atoms with van der Waals surface area (Å²) in [5, 5.41) is 20.3. The lowest BCUT2D eigenvalue weighted by molar-refractivity contribution is 0.102. The summed E-state index contributed by atoms with van der Waals surface area (Å²) >= 11 is 0. The lowest BCUT2D eigenvalue weighted by Gasteiger charge is -2.07. The van der Waals surface area contributed by atoms with Gasteiger partial charge in [0.2, 0.25) is 0 Å². The summed E-state index contributed by atoms with van der Waals surface area (Å²) < 4.78 is 5.13. The van der Waals surface area contributed by atoms with Crippen LogP contribution in [-0.4, -0.2) is 28.2 Å². The molecule has 3 N–H and O–H groups in total. The van der Waals surface area contributed by atoms with Crippen molar-refractivity contribution in [2.24, 2.45) is 0 Å². The molecule has 1 amide bonds. The number of fused-ring (bicyclic) bond motifs is 2. The molecular weight excluding hydrogens is 281 g/mol. The smallest absolute Gasteiger partial charge is 0.423 e. The van der Waals surface area contributed by atoms with Crippen molar-refractivity contribution in [2.45, 2.75) is 6.61 Å². The Morgan fingerprint density at radius 2 is 2.23 bits per heavy atom. The minimum absolute atomic E-state index is 0.232. The van der Waals surface area contributed by atoms with E-state index >= 15 is 0 Å². The van der Waals surface area contributed by atoms with Crippen LogP contribution in [0.25, 0.3) is 10.9 Å². The zero-order valence-electron chi connectivity index (χ0n) is 11.5. The Morgan fingerprint density at radius 1 is 1.32 bits per heavy atom. The molecule has 22 heavy (non-hydrogen) atoms. The number of aromatic amines is 1. The maximum Gasteiger partial charge on any atom is 0.491 e. The number of amides is 1. The first kappa shape index (κ1) is 13.1. The van der Waals surface area contributed by atoms with Gasteiger partial charge in [-0.05, 0) is 41.4 Å². The molecule has 1 aliphatic rings. The Labute approximate surface area is 126 Å². The fraction of sp³-hybridized carbons (Fsp3) is 0.0667. The number of benzene rings is 2. The molecule has 0 radical (unpaired) electrons. The molecule has 2 heterocycles. The van der Waals surface area contributed by atoms with Gasteiger partial charge in [-0.1, -0.05) is 6.07 Å². The monoisotopic (exact) mass is 293 g/mol. The van der Waals surface area contributed by atoms with Crippen molar-refractivity contribution in [1.82, 2.24) is 10.2 Å². The predicted octanol–water partition coefficient (Wildman–Crippen LogP) is 1.03. The molecule has 6 nitrogen and oxygen atoms in total. The number of carbonyl (C=O) groups excluding carboxylic acids is 1. The van der Waals surface area contributed by atoms with Crippen molar-refractivity contribution < 1.29 is 14.5 Å². The summed E-state index contributed by atoms with van der Waals surface area (Å²) in [5.74, 6) is -0.232. The predicted molar refractivity (Wildman–Crippen MR) is 82.9 cm³/mol. The largest absolute Gasteiger partial charge is 0.491 e. The highest BCUT2D eigenvalue weighted by molar-refractivity contribution is 6.61. The van der Waals surface area contributed by atoms with Gasteiger partial charge in [0.05, 0.1) is 18.3 Å². The normalized spacial score (nSPS) is 13.4. The van der Waals surface area contributed by atoms with Gasteiger partial charge < -0.3 is 15.0 Å². The minimum Gasteiger partial charge on any atom is -0.423 e. The van der Waals surface area contributed by atoms with Crippen LogP contribution in [0, 0.1) is 0 Å². The lowest BCUT2D eigenvalue weighted by atomic mass is 9.79. The Hall–Kier alpha value is -2.64. The van der Waals surface area contributed by atoms with Crippen LogP contribution >= 0.6 is 0 Å². The summed E-state index contributed by atoms with van der Waals surface area (Å²) in [6.07, 6.45) is 1.70. The highest BCUT2D eigenvalue weighted by Crippen LogP contribution is 2.18. The zero-order chi connectivity index (χ0) is 15.1. The van der Waals surface area contributed by atoms with E-state index in [1.807, 2.05) is 18.2 Å². The van der Waals surface area contributed by atoms with E-state index < -0.39 is 7.12 Å². The van der Waals surface area contributed by atoms with E-state index in [2.05, 4.69) is 15.5 Å². The van der Waals surface area contributed by atoms with Crippen molar-refractivity contribution in [3.63, 3.8) is 0 Å². The quantitative estimate of drug-likeness (QED) is 0.616. The summed E-state index contributed by atoms with van der Waals surface area (Å²) in [4.78, 5) is 12.3. The second kappa shape index (κ2) is 4.97. The van der Waals surface area contributed by atoms with E-state index in [0.29, 0.717) is 23.3 Å². The van der Waals surface area contributed by atoms with Crippen molar-refractivity contribution in [3.8, 4) is 0 Å². The van der Waals surface area contributed by atoms with Crippen LogP contribution in [0.4, 0.5) is 5.69 Å². The van der Waals surface area contributed by atoms with Crippen molar-refractivity contribution in [2.75, 3.05) is 5.32 Å². The SMILES string of the molecule is O=C(Nc1ccc2[nH]ncc2c1)c1ccc2c(c1)B(O)OC2. The molecule has 4 rings (SSSR count). The third kappa shape index (κ3) is 2.16. The summed E-state index contributed by atoms with van der Waals surface area (Å²) in [6.45, 7) is 0.371. The first-order valence-electron chi connectivity index (χ1n) is 6.88. The average molecular weight is 293 g/mol. The maximum atomic E-state index is 12.3. The Morgan fingerprint density at radius 3 is 3.14 bits per heavy atom. The van der Waals surface area contributed by atoms with Crippen molar-refractivity contribution in [3.05, 3.63) is 53.7 Å². The van der Waals surface area contributed by atoms with Crippen molar-refractivity contribution in [1.29, 1.82) is 0 Å². The number of hydrogen-bond acceptors (Lipinski definition) is 4. The first-order valence-corrected chi connectivity index (χ1v) is 6.88. The van der Waals surface area contributed by atoms with Gasteiger partial charge in [-0.2, -0.15) is 5.10 Å². The highest BCUT2D eigenvalue weighted by Gasteiger charge is 2.27. The lowest BCUT2D eigenvalue weighted by Crippen LogP contribution is -2.29. The van der Waals surface area contributed by atoms with Gasteiger partial charge in [-0.25, -0.2) is 0 Å². The van der Waals surface area contributed by atoms with Gasteiger partial charge in [0.1, 0.15) is 0 Å². The van der Waals surface area contributed by atoms with E-state index in [1.165, 1.54) is 0 Å². The molecule has 1 aliphatic heterocycles. The minimum atomic E-state index is -0.954. The van der Waals surface area contributed by atoms with E-state index in [1.54, 1.807) is 24.4 Å². The number of carbonyl (C=O) groups is 1. The molecule has 0 fully saturated rings. The molecule has 0 spiro atoms. The van der Waals surface area contributed by atoms with Crippen molar-refractivity contribution >= 4 is 35.1 Å². The van der Waals surface area contributed by atoms with Crippen LogP contribution in [0.15, 0.2) is 42.6 Å². The molecule has 1 aromatic heterocycles. The average Bonchev–Trinajstić information content (AvgIpc) is 3.13. The Bertz CT molecular complexity index is 877. The van der Waals surface area contributed by atoms with Gasteiger partial charge in [-0.15, -0.1) is 0 Å². The van der Waals surface area contributed by atoms with Crippen LogP contribution in [0.2, 0.25) is 0 Å². The highest BCUT2D eigenvalue weighted by atomic mass is 16.5. The summed E-state index contributed by atoms with van der Waals surface area (Å²) in [6, 6.07) is 10.7. The van der Waals surface area contributed by atoms with Gasteiger partial charge >= 0.3 is 7.12 Å². The molecule has 0 atom stereocenters. The third-order valence-electron chi connectivity index (χ3n) is 3.77. The number of nitrogens with one attached hydrogen (secondary N) is 2. The fourth-order valence-electron chi connectivity index (χ4n) is 2.58. The molecular formula is C15H12BN3O3. The molecule has 3 aromatic rings.